The fraction of sp³-hybridized carbons (Fsp3) is 0.192. The van der Waals surface area contributed by atoms with E-state index in [1.165, 1.54) is 5.56 Å². The average molecular weight is 402 g/mol. The largest absolute Gasteiger partial charge is 0.491 e. The third-order valence-electron chi connectivity index (χ3n) is 4.72. The Morgan fingerprint density at radius 1 is 0.933 bits per heavy atom. The Balaban J connectivity index is 1.95. The summed E-state index contributed by atoms with van der Waals surface area (Å²) in [5.74, 6) is 0.286. The van der Waals surface area contributed by atoms with Crippen LogP contribution in [-0.2, 0) is 16.1 Å². The molecule has 0 aromatic heterocycles. The van der Waals surface area contributed by atoms with Crippen LogP contribution in [0.2, 0.25) is 0 Å². The number of aliphatic hydroxyl groups excluding tert-OH is 1. The van der Waals surface area contributed by atoms with Crippen molar-refractivity contribution in [1.29, 1.82) is 0 Å². The fourth-order valence-corrected chi connectivity index (χ4v) is 3.08. The second-order valence-corrected chi connectivity index (χ2v) is 7.19. The fourth-order valence-electron chi connectivity index (χ4n) is 3.08. The number of aliphatic hydroxyl groups is 1. The molecule has 3 rings (SSSR count). The van der Waals surface area contributed by atoms with E-state index in [0.717, 1.165) is 27.8 Å². The van der Waals surface area contributed by atoms with Crippen molar-refractivity contribution in [3.8, 4) is 28.0 Å². The lowest BCUT2D eigenvalue weighted by Gasteiger charge is -2.14. The van der Waals surface area contributed by atoms with Crippen molar-refractivity contribution in [3.63, 3.8) is 0 Å². The van der Waals surface area contributed by atoms with Gasteiger partial charge in [0, 0.05) is 5.57 Å². The van der Waals surface area contributed by atoms with Crippen molar-refractivity contribution in [1.82, 2.24) is 0 Å². The standard InChI is InChI=1S/C26H26O4/c1-18(2)26(28)30-17-23-16-22(20-6-4-19(3)5-7-20)10-13-25(23)21-8-11-24(12-9-21)29-15-14-27/h4-13,16,27H,1,14-15,17H2,2-3H3. The van der Waals surface area contributed by atoms with Gasteiger partial charge in [-0.25, -0.2) is 4.79 Å². The molecule has 0 saturated carbocycles. The monoisotopic (exact) mass is 402 g/mol. The van der Waals surface area contributed by atoms with Crippen LogP contribution >= 0.6 is 0 Å². The van der Waals surface area contributed by atoms with E-state index in [-0.39, 0.29) is 19.8 Å². The molecule has 0 amide bonds. The van der Waals surface area contributed by atoms with Crippen LogP contribution in [0.25, 0.3) is 22.3 Å². The minimum Gasteiger partial charge on any atom is -0.491 e. The lowest BCUT2D eigenvalue weighted by atomic mass is 9.95. The van der Waals surface area contributed by atoms with Crippen LogP contribution in [0.4, 0.5) is 0 Å². The molecule has 0 unspecified atom stereocenters. The van der Waals surface area contributed by atoms with E-state index in [0.29, 0.717) is 11.3 Å². The lowest BCUT2D eigenvalue weighted by molar-refractivity contribution is -0.140. The molecule has 4 heteroatoms. The molecule has 0 spiro atoms. The third kappa shape index (κ3) is 5.37. The summed E-state index contributed by atoms with van der Waals surface area (Å²) in [6, 6.07) is 22.1. The topological polar surface area (TPSA) is 55.8 Å². The number of carbonyl (C=O) groups is 1. The van der Waals surface area contributed by atoms with Gasteiger partial charge in [-0.05, 0) is 59.9 Å². The molecule has 0 aliphatic rings. The molecule has 0 bridgehead atoms. The second-order valence-electron chi connectivity index (χ2n) is 7.19. The van der Waals surface area contributed by atoms with Gasteiger partial charge in [-0.2, -0.15) is 0 Å². The number of benzene rings is 3. The van der Waals surface area contributed by atoms with Gasteiger partial charge in [0.15, 0.2) is 0 Å². The first kappa shape index (κ1) is 21.3. The van der Waals surface area contributed by atoms with E-state index >= 15 is 0 Å². The van der Waals surface area contributed by atoms with Gasteiger partial charge in [-0.1, -0.05) is 60.7 Å². The molecular formula is C26H26O4. The highest BCUT2D eigenvalue weighted by atomic mass is 16.5. The number of rotatable bonds is 8. The van der Waals surface area contributed by atoms with Crippen molar-refractivity contribution in [2.45, 2.75) is 20.5 Å². The SMILES string of the molecule is C=C(C)C(=O)OCc1cc(-c2ccc(C)cc2)ccc1-c1ccc(OCCO)cc1. The molecule has 0 atom stereocenters. The molecular weight excluding hydrogens is 376 g/mol. The molecule has 1 N–H and O–H groups in total. The molecule has 0 saturated heterocycles. The predicted octanol–water partition coefficient (Wildman–Crippen LogP) is 5.32. The number of carbonyl (C=O) groups excluding carboxylic acids is 1. The van der Waals surface area contributed by atoms with E-state index in [2.05, 4.69) is 49.9 Å². The highest BCUT2D eigenvalue weighted by molar-refractivity contribution is 5.87. The van der Waals surface area contributed by atoms with Crippen molar-refractivity contribution < 1.29 is 19.4 Å². The lowest BCUT2D eigenvalue weighted by Crippen LogP contribution is -2.06. The van der Waals surface area contributed by atoms with Gasteiger partial charge >= 0.3 is 5.97 Å². The van der Waals surface area contributed by atoms with Gasteiger partial charge in [0.1, 0.15) is 19.0 Å². The van der Waals surface area contributed by atoms with Crippen LogP contribution in [0.15, 0.2) is 78.9 Å². The van der Waals surface area contributed by atoms with Gasteiger partial charge in [0.25, 0.3) is 0 Å². The molecule has 0 heterocycles. The minimum absolute atomic E-state index is 0.0273. The van der Waals surface area contributed by atoms with Gasteiger partial charge in [0.2, 0.25) is 0 Å². The highest BCUT2D eigenvalue weighted by Gasteiger charge is 2.11. The summed E-state index contributed by atoms with van der Waals surface area (Å²) in [6.45, 7) is 7.73. The number of esters is 1. The van der Waals surface area contributed by atoms with E-state index in [1.54, 1.807) is 6.92 Å². The zero-order valence-corrected chi connectivity index (χ0v) is 17.4. The van der Waals surface area contributed by atoms with E-state index in [4.69, 9.17) is 14.6 Å². The molecule has 0 aliphatic heterocycles. The molecule has 30 heavy (non-hydrogen) atoms. The van der Waals surface area contributed by atoms with Gasteiger partial charge in [-0.15, -0.1) is 0 Å². The second kappa shape index (κ2) is 9.90. The minimum atomic E-state index is -0.408. The molecule has 0 radical (unpaired) electrons. The Morgan fingerprint density at radius 2 is 1.57 bits per heavy atom. The molecule has 3 aromatic rings. The zero-order valence-electron chi connectivity index (χ0n) is 17.4. The molecule has 154 valence electrons. The quantitative estimate of drug-likeness (QED) is 0.409. The van der Waals surface area contributed by atoms with Crippen molar-refractivity contribution in [2.24, 2.45) is 0 Å². The maximum absolute atomic E-state index is 11.9. The molecule has 0 fully saturated rings. The summed E-state index contributed by atoms with van der Waals surface area (Å²) in [5.41, 5.74) is 6.62. The smallest absolute Gasteiger partial charge is 0.333 e. The maximum Gasteiger partial charge on any atom is 0.333 e. The highest BCUT2D eigenvalue weighted by Crippen LogP contribution is 2.31. The Morgan fingerprint density at radius 3 is 2.20 bits per heavy atom. The summed E-state index contributed by atoms with van der Waals surface area (Å²) >= 11 is 0. The van der Waals surface area contributed by atoms with Gasteiger partial charge < -0.3 is 14.6 Å². The van der Waals surface area contributed by atoms with Crippen LogP contribution < -0.4 is 4.74 Å². The van der Waals surface area contributed by atoms with Gasteiger partial charge in [-0.3, -0.25) is 0 Å². The van der Waals surface area contributed by atoms with Gasteiger partial charge in [0.05, 0.1) is 6.61 Å². The number of hydrogen-bond acceptors (Lipinski definition) is 4. The molecule has 4 nitrogen and oxygen atoms in total. The Kier molecular flexibility index (Phi) is 7.04. The number of aryl methyl sites for hydroxylation is 1. The summed E-state index contributed by atoms with van der Waals surface area (Å²) in [4.78, 5) is 11.9. The molecule has 0 aliphatic carbocycles. The summed E-state index contributed by atoms with van der Waals surface area (Å²) in [5, 5.41) is 8.90. The predicted molar refractivity (Wildman–Crippen MR) is 119 cm³/mol. The van der Waals surface area contributed by atoms with E-state index in [1.807, 2.05) is 30.3 Å². The van der Waals surface area contributed by atoms with Crippen LogP contribution in [0.1, 0.15) is 18.1 Å². The first-order valence-corrected chi connectivity index (χ1v) is 9.84. The Hall–Kier alpha value is -3.37. The molecule has 3 aromatic carbocycles. The maximum atomic E-state index is 11.9. The Bertz CT molecular complexity index is 1020. The number of ether oxygens (including phenoxy) is 2. The Labute approximate surface area is 177 Å². The first-order chi connectivity index (χ1) is 14.5. The summed E-state index contributed by atoms with van der Waals surface area (Å²) < 4.78 is 10.9. The third-order valence-corrected chi connectivity index (χ3v) is 4.72. The first-order valence-electron chi connectivity index (χ1n) is 9.84. The van der Waals surface area contributed by atoms with Crippen molar-refractivity contribution >= 4 is 5.97 Å². The van der Waals surface area contributed by atoms with Crippen LogP contribution in [0.5, 0.6) is 5.75 Å². The van der Waals surface area contributed by atoms with Crippen molar-refractivity contribution in [3.05, 3.63) is 90.0 Å². The summed E-state index contributed by atoms with van der Waals surface area (Å²) in [7, 11) is 0. The van der Waals surface area contributed by atoms with Crippen LogP contribution in [-0.4, -0.2) is 24.3 Å². The number of hydrogen-bond donors (Lipinski definition) is 1. The average Bonchev–Trinajstić information content (AvgIpc) is 2.76. The van der Waals surface area contributed by atoms with Crippen LogP contribution in [0.3, 0.4) is 0 Å². The van der Waals surface area contributed by atoms with Crippen molar-refractivity contribution in [2.75, 3.05) is 13.2 Å². The van der Waals surface area contributed by atoms with Crippen LogP contribution in [0, 0.1) is 6.92 Å². The summed E-state index contributed by atoms with van der Waals surface area (Å²) in [6.07, 6.45) is 0. The van der Waals surface area contributed by atoms with E-state index in [9.17, 15) is 4.79 Å². The normalized spacial score (nSPS) is 10.5. The van der Waals surface area contributed by atoms with E-state index < -0.39 is 5.97 Å². The zero-order chi connectivity index (χ0) is 21.5.